The maximum Gasteiger partial charge on any atom is 0.137 e. The molecule has 0 saturated heterocycles. The van der Waals surface area contributed by atoms with Gasteiger partial charge < -0.3 is 5.11 Å². The van der Waals surface area contributed by atoms with E-state index in [1.807, 2.05) is 6.07 Å². The molecule has 0 aliphatic heterocycles. The van der Waals surface area contributed by atoms with Gasteiger partial charge in [0.15, 0.2) is 0 Å². The first kappa shape index (κ1) is 13.3. The van der Waals surface area contributed by atoms with Crippen LogP contribution in [0.2, 0.25) is 0 Å². The Labute approximate surface area is 124 Å². The second-order valence-corrected chi connectivity index (χ2v) is 6.84. The van der Waals surface area contributed by atoms with Crippen LogP contribution in [0.25, 0.3) is 0 Å². The smallest absolute Gasteiger partial charge is 0.137 e. The molecule has 1 N–H and O–H groups in total. The van der Waals surface area contributed by atoms with Crippen molar-refractivity contribution in [2.45, 2.75) is 31.8 Å². The molecule has 3 rings (SSSR count). The number of fused-ring (bicyclic) bond motifs is 1. The van der Waals surface area contributed by atoms with E-state index in [1.54, 1.807) is 17.4 Å². The Morgan fingerprint density at radius 3 is 3.00 bits per heavy atom. The van der Waals surface area contributed by atoms with E-state index >= 15 is 0 Å². The van der Waals surface area contributed by atoms with Crippen LogP contribution in [-0.2, 0) is 19.3 Å². The molecule has 0 saturated carbocycles. The molecule has 1 atom stereocenters. The highest BCUT2D eigenvalue weighted by Gasteiger charge is 2.20. The molecule has 1 unspecified atom stereocenters. The Morgan fingerprint density at radius 1 is 1.37 bits per heavy atom. The van der Waals surface area contributed by atoms with Crippen LogP contribution in [0.4, 0.5) is 4.39 Å². The maximum absolute atomic E-state index is 13.4. The van der Waals surface area contributed by atoms with Crippen LogP contribution in [0.5, 0.6) is 0 Å². The van der Waals surface area contributed by atoms with Crippen molar-refractivity contribution in [3.63, 3.8) is 0 Å². The van der Waals surface area contributed by atoms with E-state index in [-0.39, 0.29) is 5.82 Å². The fourth-order valence-electron chi connectivity index (χ4n) is 2.53. The predicted molar refractivity (Wildman–Crippen MR) is 79.1 cm³/mol. The summed E-state index contributed by atoms with van der Waals surface area (Å²) in [5, 5.41) is 10.3. The molecular formula is C15H14BrFOS. The number of benzene rings is 1. The summed E-state index contributed by atoms with van der Waals surface area (Å²) < 4.78 is 13.9. The summed E-state index contributed by atoms with van der Waals surface area (Å²) in [5.74, 6) is -0.279. The van der Waals surface area contributed by atoms with E-state index in [9.17, 15) is 9.50 Å². The van der Waals surface area contributed by atoms with Gasteiger partial charge in [-0.05, 0) is 58.5 Å². The Hall–Kier alpha value is -0.710. The molecule has 2 aromatic rings. The third-order valence-corrected chi connectivity index (χ3v) is 5.77. The van der Waals surface area contributed by atoms with Crippen LogP contribution in [0.15, 0.2) is 28.7 Å². The predicted octanol–water partition coefficient (Wildman–Crippen LogP) is 4.41. The average molecular weight is 341 g/mol. The first-order chi connectivity index (χ1) is 9.15. The molecule has 1 aromatic heterocycles. The second-order valence-electron chi connectivity index (χ2n) is 4.88. The number of halogens is 2. The normalized spacial score (nSPS) is 15.5. The molecule has 0 spiro atoms. The van der Waals surface area contributed by atoms with Crippen LogP contribution in [-0.4, -0.2) is 5.11 Å². The lowest BCUT2D eigenvalue weighted by atomic mass is 10.1. The molecule has 1 aliphatic rings. The number of rotatable bonds is 3. The van der Waals surface area contributed by atoms with Crippen molar-refractivity contribution in [2.75, 3.05) is 0 Å². The van der Waals surface area contributed by atoms with Gasteiger partial charge in [0.1, 0.15) is 5.82 Å². The number of hydrogen-bond donors (Lipinski definition) is 1. The Bertz CT molecular complexity index is 587. The zero-order valence-electron chi connectivity index (χ0n) is 10.3. The first-order valence-corrected chi connectivity index (χ1v) is 7.98. The Kier molecular flexibility index (Phi) is 3.74. The van der Waals surface area contributed by atoms with Crippen LogP contribution in [0.1, 0.15) is 33.4 Å². The highest BCUT2D eigenvalue weighted by molar-refractivity contribution is 9.10. The maximum atomic E-state index is 13.4. The van der Waals surface area contributed by atoms with Crippen molar-refractivity contribution in [1.82, 2.24) is 0 Å². The van der Waals surface area contributed by atoms with Crippen LogP contribution >= 0.6 is 27.3 Å². The van der Waals surface area contributed by atoms with Crippen molar-refractivity contribution >= 4 is 27.3 Å². The van der Waals surface area contributed by atoms with Crippen LogP contribution < -0.4 is 0 Å². The third-order valence-electron chi connectivity index (χ3n) is 3.54. The van der Waals surface area contributed by atoms with E-state index in [0.29, 0.717) is 10.9 Å². The molecule has 1 aromatic carbocycles. The molecule has 1 nitrogen and oxygen atoms in total. The van der Waals surface area contributed by atoms with Gasteiger partial charge in [-0.25, -0.2) is 4.39 Å². The zero-order chi connectivity index (χ0) is 13.4. The zero-order valence-corrected chi connectivity index (χ0v) is 12.7. The number of aryl methyl sites for hydroxylation is 2. The van der Waals surface area contributed by atoms with Crippen LogP contribution in [0, 0.1) is 5.82 Å². The summed E-state index contributed by atoms with van der Waals surface area (Å²) in [5.41, 5.74) is 2.19. The van der Waals surface area contributed by atoms with Gasteiger partial charge in [0.05, 0.1) is 10.6 Å². The molecule has 100 valence electrons. The quantitative estimate of drug-likeness (QED) is 0.877. The molecule has 0 fully saturated rings. The minimum absolute atomic E-state index is 0.279. The number of hydrogen-bond acceptors (Lipinski definition) is 2. The lowest BCUT2D eigenvalue weighted by Crippen LogP contribution is -2.01. The summed E-state index contributed by atoms with van der Waals surface area (Å²) in [7, 11) is 0. The molecule has 1 aliphatic carbocycles. The number of thiophene rings is 1. The fraction of sp³-hybridized carbons (Fsp3) is 0.333. The summed E-state index contributed by atoms with van der Waals surface area (Å²) in [6.07, 6.45) is 3.39. The summed E-state index contributed by atoms with van der Waals surface area (Å²) in [6.45, 7) is 0. The Balaban J connectivity index is 1.80. The molecule has 0 bridgehead atoms. The topological polar surface area (TPSA) is 20.2 Å². The molecular weight excluding hydrogens is 327 g/mol. The molecule has 1 heterocycles. The van der Waals surface area contributed by atoms with E-state index in [2.05, 4.69) is 22.0 Å². The van der Waals surface area contributed by atoms with Gasteiger partial charge in [0.2, 0.25) is 0 Å². The van der Waals surface area contributed by atoms with Gasteiger partial charge in [-0.1, -0.05) is 12.1 Å². The number of aliphatic hydroxyl groups is 1. The minimum Gasteiger partial charge on any atom is -0.387 e. The fourth-order valence-corrected chi connectivity index (χ4v) is 4.20. The third kappa shape index (κ3) is 2.62. The van der Waals surface area contributed by atoms with Crippen molar-refractivity contribution in [1.29, 1.82) is 0 Å². The highest BCUT2D eigenvalue weighted by Crippen LogP contribution is 2.35. The van der Waals surface area contributed by atoms with Gasteiger partial charge in [-0.2, -0.15) is 0 Å². The van der Waals surface area contributed by atoms with E-state index in [4.69, 9.17) is 0 Å². The van der Waals surface area contributed by atoms with Crippen molar-refractivity contribution in [3.05, 3.63) is 55.4 Å². The largest absolute Gasteiger partial charge is 0.387 e. The van der Waals surface area contributed by atoms with E-state index < -0.39 is 6.10 Å². The number of aliphatic hydroxyl groups excluding tert-OH is 1. The second kappa shape index (κ2) is 5.35. The van der Waals surface area contributed by atoms with E-state index in [0.717, 1.165) is 23.3 Å². The highest BCUT2D eigenvalue weighted by atomic mass is 79.9. The lowest BCUT2D eigenvalue weighted by Gasteiger charge is -2.10. The van der Waals surface area contributed by atoms with E-state index in [1.165, 1.54) is 22.9 Å². The van der Waals surface area contributed by atoms with Crippen LogP contribution in [0.3, 0.4) is 0 Å². The SMILES string of the molecule is OC(Cc1cccc(F)c1Br)c1cc2c(s1)CCC2. The monoisotopic (exact) mass is 340 g/mol. The van der Waals surface area contributed by atoms with Gasteiger partial charge in [-0.3, -0.25) is 0 Å². The molecule has 19 heavy (non-hydrogen) atoms. The van der Waals surface area contributed by atoms with Crippen molar-refractivity contribution in [2.24, 2.45) is 0 Å². The summed E-state index contributed by atoms with van der Waals surface area (Å²) in [4.78, 5) is 2.41. The molecule has 0 radical (unpaired) electrons. The summed E-state index contributed by atoms with van der Waals surface area (Å²) in [6, 6.07) is 7.05. The van der Waals surface area contributed by atoms with Gasteiger partial charge in [0, 0.05) is 16.2 Å². The first-order valence-electron chi connectivity index (χ1n) is 6.37. The standard InChI is InChI=1S/C15H14BrFOS/c16-15-10(4-1-5-11(15)17)7-12(18)14-8-9-3-2-6-13(9)19-14/h1,4-5,8,12,18H,2-3,6-7H2. The van der Waals surface area contributed by atoms with Crippen molar-refractivity contribution < 1.29 is 9.50 Å². The van der Waals surface area contributed by atoms with Gasteiger partial charge in [0.25, 0.3) is 0 Å². The Morgan fingerprint density at radius 2 is 2.21 bits per heavy atom. The van der Waals surface area contributed by atoms with Crippen molar-refractivity contribution in [3.8, 4) is 0 Å². The summed E-state index contributed by atoms with van der Waals surface area (Å²) >= 11 is 4.94. The minimum atomic E-state index is -0.547. The molecule has 0 amide bonds. The average Bonchev–Trinajstić information content (AvgIpc) is 2.95. The molecule has 4 heteroatoms. The van der Waals surface area contributed by atoms with Gasteiger partial charge >= 0.3 is 0 Å². The van der Waals surface area contributed by atoms with Gasteiger partial charge in [-0.15, -0.1) is 11.3 Å². The lowest BCUT2D eigenvalue weighted by molar-refractivity contribution is 0.182.